The maximum absolute atomic E-state index is 9.78. The van der Waals surface area contributed by atoms with Crippen LogP contribution in [0.1, 0.15) is 43.0 Å². The predicted octanol–water partition coefficient (Wildman–Crippen LogP) is 3.56. The Hall–Kier alpha value is -0.820. The molecular formula is C15H24O. The summed E-state index contributed by atoms with van der Waals surface area (Å²) in [7, 11) is 0. The number of hydrogen-bond acceptors (Lipinski definition) is 1. The molecule has 1 aromatic rings. The number of aryl methyl sites for hydroxylation is 3. The van der Waals surface area contributed by atoms with Crippen molar-refractivity contribution in [2.24, 2.45) is 5.41 Å². The van der Waals surface area contributed by atoms with Gasteiger partial charge in [-0.2, -0.15) is 0 Å². The van der Waals surface area contributed by atoms with Crippen molar-refractivity contribution in [3.63, 3.8) is 0 Å². The van der Waals surface area contributed by atoms with Gasteiger partial charge in [-0.15, -0.1) is 0 Å². The summed E-state index contributed by atoms with van der Waals surface area (Å²) < 4.78 is 0. The fourth-order valence-electron chi connectivity index (χ4n) is 2.09. The summed E-state index contributed by atoms with van der Waals surface area (Å²) in [6.07, 6.45) is 0.649. The number of benzene rings is 1. The fraction of sp³-hybridized carbons (Fsp3) is 0.600. The predicted molar refractivity (Wildman–Crippen MR) is 69.8 cm³/mol. The minimum Gasteiger partial charge on any atom is -0.393 e. The Morgan fingerprint density at radius 2 is 1.56 bits per heavy atom. The monoisotopic (exact) mass is 220 g/mol. The normalized spacial score (nSPS) is 13.9. The maximum atomic E-state index is 9.78. The fourth-order valence-corrected chi connectivity index (χ4v) is 2.09. The van der Waals surface area contributed by atoms with Gasteiger partial charge in [0, 0.05) is 0 Å². The summed E-state index contributed by atoms with van der Waals surface area (Å²) in [6, 6.07) is 4.45. The number of aliphatic hydroxyl groups is 1. The van der Waals surface area contributed by atoms with E-state index in [1.54, 1.807) is 0 Å². The van der Waals surface area contributed by atoms with E-state index >= 15 is 0 Å². The summed E-state index contributed by atoms with van der Waals surface area (Å²) in [5.41, 5.74) is 5.31. The SMILES string of the molecule is Cc1cc(C)c(CC(C)(C)C(C)O)c(C)c1. The molecule has 1 nitrogen and oxygen atoms in total. The molecule has 1 unspecified atom stereocenters. The van der Waals surface area contributed by atoms with Crippen LogP contribution in [-0.2, 0) is 6.42 Å². The zero-order valence-electron chi connectivity index (χ0n) is 11.4. The molecule has 0 aliphatic carbocycles. The number of aliphatic hydroxyl groups excluding tert-OH is 1. The molecular weight excluding hydrogens is 196 g/mol. The second-order valence-corrected chi connectivity index (χ2v) is 5.72. The number of rotatable bonds is 3. The molecule has 0 bridgehead atoms. The van der Waals surface area contributed by atoms with Crippen molar-refractivity contribution in [2.75, 3.05) is 0 Å². The van der Waals surface area contributed by atoms with E-state index < -0.39 is 0 Å². The first-order valence-corrected chi connectivity index (χ1v) is 5.99. The summed E-state index contributed by atoms with van der Waals surface area (Å²) in [5, 5.41) is 9.78. The molecule has 16 heavy (non-hydrogen) atoms. The second-order valence-electron chi connectivity index (χ2n) is 5.72. The largest absolute Gasteiger partial charge is 0.393 e. The third-order valence-corrected chi connectivity index (χ3v) is 3.60. The first kappa shape index (κ1) is 13.2. The summed E-state index contributed by atoms with van der Waals surface area (Å²) in [6.45, 7) is 12.6. The Balaban J connectivity index is 3.07. The van der Waals surface area contributed by atoms with Crippen molar-refractivity contribution >= 4 is 0 Å². The Labute approximate surface area is 99.5 Å². The topological polar surface area (TPSA) is 20.2 Å². The molecule has 0 spiro atoms. The molecule has 0 aliphatic heterocycles. The molecule has 0 aromatic heterocycles. The Kier molecular flexibility index (Phi) is 3.80. The van der Waals surface area contributed by atoms with Gasteiger partial charge in [-0.05, 0) is 56.2 Å². The van der Waals surface area contributed by atoms with E-state index in [9.17, 15) is 5.11 Å². The van der Waals surface area contributed by atoms with Crippen LogP contribution in [0.4, 0.5) is 0 Å². The van der Waals surface area contributed by atoms with Crippen LogP contribution < -0.4 is 0 Å². The highest BCUT2D eigenvalue weighted by Crippen LogP contribution is 2.29. The van der Waals surface area contributed by atoms with E-state index in [2.05, 4.69) is 46.8 Å². The van der Waals surface area contributed by atoms with E-state index in [0.717, 1.165) is 6.42 Å². The first-order valence-electron chi connectivity index (χ1n) is 5.99. The molecule has 1 heteroatoms. The Bertz CT molecular complexity index is 352. The molecule has 1 aromatic carbocycles. The van der Waals surface area contributed by atoms with Crippen LogP contribution in [0.5, 0.6) is 0 Å². The number of hydrogen-bond donors (Lipinski definition) is 1. The van der Waals surface area contributed by atoms with Crippen molar-refractivity contribution in [3.05, 3.63) is 34.4 Å². The van der Waals surface area contributed by atoms with Gasteiger partial charge in [0.05, 0.1) is 6.10 Å². The highest BCUT2D eigenvalue weighted by molar-refractivity contribution is 5.38. The molecule has 1 rings (SSSR count). The highest BCUT2D eigenvalue weighted by atomic mass is 16.3. The summed E-state index contributed by atoms with van der Waals surface area (Å²) in [4.78, 5) is 0. The molecule has 0 saturated carbocycles. The summed E-state index contributed by atoms with van der Waals surface area (Å²) in [5.74, 6) is 0. The molecule has 0 amide bonds. The molecule has 0 saturated heterocycles. The lowest BCUT2D eigenvalue weighted by Crippen LogP contribution is -2.29. The minimum atomic E-state index is -0.285. The van der Waals surface area contributed by atoms with Gasteiger partial charge in [-0.25, -0.2) is 0 Å². The highest BCUT2D eigenvalue weighted by Gasteiger charge is 2.25. The van der Waals surface area contributed by atoms with Crippen LogP contribution in [0.3, 0.4) is 0 Å². The van der Waals surface area contributed by atoms with Gasteiger partial charge < -0.3 is 5.11 Å². The van der Waals surface area contributed by atoms with Crippen molar-refractivity contribution in [3.8, 4) is 0 Å². The minimum absolute atomic E-state index is 0.0647. The second kappa shape index (κ2) is 4.58. The van der Waals surface area contributed by atoms with E-state index in [4.69, 9.17) is 0 Å². The lowest BCUT2D eigenvalue weighted by atomic mass is 9.79. The molecule has 1 N–H and O–H groups in total. The van der Waals surface area contributed by atoms with Gasteiger partial charge in [0.1, 0.15) is 0 Å². The molecule has 0 radical (unpaired) electrons. The lowest BCUT2D eigenvalue weighted by molar-refractivity contribution is 0.0663. The van der Waals surface area contributed by atoms with Gasteiger partial charge in [-0.1, -0.05) is 31.5 Å². The van der Waals surface area contributed by atoms with Crippen LogP contribution in [0.2, 0.25) is 0 Å². The Morgan fingerprint density at radius 3 is 1.94 bits per heavy atom. The first-order chi connectivity index (χ1) is 7.24. The molecule has 1 atom stereocenters. The van der Waals surface area contributed by atoms with E-state index in [1.807, 2.05) is 6.92 Å². The van der Waals surface area contributed by atoms with Crippen LogP contribution >= 0.6 is 0 Å². The standard InChI is InChI=1S/C15H24O/c1-10-7-11(2)14(12(3)8-10)9-15(5,6)13(4)16/h7-8,13,16H,9H2,1-6H3. The van der Waals surface area contributed by atoms with Gasteiger partial charge in [0.2, 0.25) is 0 Å². The zero-order chi connectivity index (χ0) is 12.5. The van der Waals surface area contributed by atoms with Crippen LogP contribution in [0, 0.1) is 26.2 Å². The third-order valence-electron chi connectivity index (χ3n) is 3.60. The van der Waals surface area contributed by atoms with Crippen molar-refractivity contribution < 1.29 is 5.11 Å². The van der Waals surface area contributed by atoms with Crippen molar-refractivity contribution in [2.45, 2.75) is 54.1 Å². The Morgan fingerprint density at radius 1 is 1.12 bits per heavy atom. The van der Waals surface area contributed by atoms with E-state index in [-0.39, 0.29) is 11.5 Å². The molecule has 0 aliphatic rings. The molecule has 90 valence electrons. The van der Waals surface area contributed by atoms with E-state index in [0.29, 0.717) is 0 Å². The average molecular weight is 220 g/mol. The van der Waals surface area contributed by atoms with E-state index in [1.165, 1.54) is 22.3 Å². The van der Waals surface area contributed by atoms with Crippen molar-refractivity contribution in [1.29, 1.82) is 0 Å². The third kappa shape index (κ3) is 2.85. The summed E-state index contributed by atoms with van der Waals surface area (Å²) >= 11 is 0. The van der Waals surface area contributed by atoms with Crippen LogP contribution in [0.15, 0.2) is 12.1 Å². The van der Waals surface area contributed by atoms with Crippen LogP contribution in [-0.4, -0.2) is 11.2 Å². The maximum Gasteiger partial charge on any atom is 0.0566 e. The average Bonchev–Trinajstić information content (AvgIpc) is 2.11. The van der Waals surface area contributed by atoms with Gasteiger partial charge >= 0.3 is 0 Å². The zero-order valence-corrected chi connectivity index (χ0v) is 11.4. The van der Waals surface area contributed by atoms with Gasteiger partial charge in [0.15, 0.2) is 0 Å². The van der Waals surface area contributed by atoms with Crippen LogP contribution in [0.25, 0.3) is 0 Å². The smallest absolute Gasteiger partial charge is 0.0566 e. The lowest BCUT2D eigenvalue weighted by Gasteiger charge is -2.29. The molecule has 0 heterocycles. The van der Waals surface area contributed by atoms with Gasteiger partial charge in [0.25, 0.3) is 0 Å². The quantitative estimate of drug-likeness (QED) is 0.825. The van der Waals surface area contributed by atoms with Gasteiger partial charge in [-0.3, -0.25) is 0 Å². The van der Waals surface area contributed by atoms with Crippen molar-refractivity contribution in [1.82, 2.24) is 0 Å². The molecule has 0 fully saturated rings.